The molecule has 2 fully saturated rings. The summed E-state index contributed by atoms with van der Waals surface area (Å²) in [4.78, 5) is 14.1. The van der Waals surface area contributed by atoms with Crippen LogP contribution in [-0.2, 0) is 18.9 Å². The van der Waals surface area contributed by atoms with E-state index in [0.29, 0.717) is 50.9 Å². The van der Waals surface area contributed by atoms with Crippen molar-refractivity contribution in [2.75, 3.05) is 39.6 Å². The zero-order valence-electron chi connectivity index (χ0n) is 29.9. The third kappa shape index (κ3) is 17.6. The van der Waals surface area contributed by atoms with Gasteiger partial charge in [0.1, 0.15) is 17.8 Å². The molecule has 2 aliphatic rings. The Balaban J connectivity index is 0.000000254. The molecule has 0 aliphatic carbocycles. The number of aldehydes is 1. The minimum Gasteiger partial charge on any atom is -0.494 e. The van der Waals surface area contributed by atoms with E-state index >= 15 is 0 Å². The van der Waals surface area contributed by atoms with Gasteiger partial charge in [-0.2, -0.15) is 0 Å². The fourth-order valence-electron chi connectivity index (χ4n) is 5.32. The standard InChI is InChI=1S/C20H21NO3.C20H22O4.CH4.H7P5/c1-21-18-9-5-16(6-10-18)17-7-11-19(12-8-17)22-13-3-2-4-20-23-14-15-24-20;21-15-16-4-6-17(7-5-16)18-8-10-19(11-9-18)22-12-2-1-3-20-23-13-14-24-20;;1-4-5(2)3/h5-12,20H,2-4,13-15H2;4-11,15,20H,1-3,12-14H2;1H4;4H,1-3H2. The van der Waals surface area contributed by atoms with E-state index in [2.05, 4.69) is 31.6 Å². The van der Waals surface area contributed by atoms with Gasteiger partial charge >= 0.3 is 0 Å². The fourth-order valence-corrected chi connectivity index (χ4v) is 5.32. The van der Waals surface area contributed by atoms with Crippen LogP contribution < -0.4 is 9.47 Å². The average molecular weight is 828 g/mol. The molecule has 2 aliphatic heterocycles. The van der Waals surface area contributed by atoms with Gasteiger partial charge in [-0.15, -0.1) is 26.8 Å². The van der Waals surface area contributed by atoms with Gasteiger partial charge in [0, 0.05) is 5.56 Å². The Morgan fingerprint density at radius 1 is 0.648 bits per heavy atom. The van der Waals surface area contributed by atoms with E-state index in [4.69, 9.17) is 35.0 Å². The maximum Gasteiger partial charge on any atom is 0.187 e. The summed E-state index contributed by atoms with van der Waals surface area (Å²) in [6.45, 7) is 11.5. The lowest BCUT2D eigenvalue weighted by atomic mass is 10.0. The molecule has 0 amide bonds. The topological polar surface area (TPSA) is 76.8 Å². The number of carbonyl (C=O) groups excluding carboxylic acids is 1. The lowest BCUT2D eigenvalue weighted by Crippen LogP contribution is -2.08. The van der Waals surface area contributed by atoms with Gasteiger partial charge < -0.3 is 28.4 Å². The van der Waals surface area contributed by atoms with Crippen LogP contribution in [0.4, 0.5) is 5.69 Å². The highest BCUT2D eigenvalue weighted by Gasteiger charge is 2.15. The molecular weight excluding hydrogens is 773 g/mol. The van der Waals surface area contributed by atoms with Crippen LogP contribution in [0.1, 0.15) is 56.3 Å². The number of unbranched alkanes of at least 4 members (excludes halogenated alkanes) is 2. The molecule has 0 spiro atoms. The molecule has 0 aromatic heterocycles. The number of nitrogens with zero attached hydrogens (tertiary/aromatic N) is 1. The summed E-state index contributed by atoms with van der Waals surface area (Å²) in [7, 11) is 9.24. The summed E-state index contributed by atoms with van der Waals surface area (Å²) in [5, 5.41) is 0. The zero-order valence-corrected chi connectivity index (χ0v) is 35.3. The normalized spacial score (nSPS) is 14.1. The van der Waals surface area contributed by atoms with Crippen molar-refractivity contribution in [1.82, 2.24) is 0 Å². The van der Waals surface area contributed by atoms with Crippen LogP contribution in [0, 0.1) is 6.57 Å². The van der Waals surface area contributed by atoms with Gasteiger partial charge in [-0.1, -0.05) is 88.2 Å². The third-order valence-electron chi connectivity index (χ3n) is 8.15. The number of rotatable bonds is 16. The van der Waals surface area contributed by atoms with E-state index < -0.39 is 0 Å². The van der Waals surface area contributed by atoms with Crippen molar-refractivity contribution in [2.45, 2.75) is 58.5 Å². The molecule has 13 heteroatoms. The van der Waals surface area contributed by atoms with Crippen molar-refractivity contribution >= 4 is 53.7 Å². The van der Waals surface area contributed by atoms with Crippen molar-refractivity contribution in [2.24, 2.45) is 0 Å². The van der Waals surface area contributed by atoms with Crippen molar-refractivity contribution in [3.63, 3.8) is 0 Å². The molecule has 6 rings (SSSR count). The van der Waals surface area contributed by atoms with Crippen LogP contribution in [0.15, 0.2) is 97.1 Å². The Morgan fingerprint density at radius 3 is 1.33 bits per heavy atom. The molecule has 0 saturated carbocycles. The van der Waals surface area contributed by atoms with Gasteiger partial charge in [0.05, 0.1) is 46.2 Å². The number of benzene rings is 4. The van der Waals surface area contributed by atoms with Gasteiger partial charge in [0.15, 0.2) is 18.3 Å². The summed E-state index contributed by atoms with van der Waals surface area (Å²) in [5.74, 6) is 1.75. The molecule has 4 atom stereocenters. The van der Waals surface area contributed by atoms with Crippen molar-refractivity contribution in [1.29, 1.82) is 0 Å². The summed E-state index contributed by atoms with van der Waals surface area (Å²) >= 11 is 0. The summed E-state index contributed by atoms with van der Waals surface area (Å²) in [6, 6.07) is 31.2. The molecule has 2 saturated heterocycles. The van der Waals surface area contributed by atoms with Crippen LogP contribution >= 0.6 is 41.7 Å². The first kappa shape index (κ1) is 46.0. The Labute approximate surface area is 331 Å². The first-order valence-electron chi connectivity index (χ1n) is 17.7. The zero-order chi connectivity index (χ0) is 37.5. The summed E-state index contributed by atoms with van der Waals surface area (Å²) in [5.41, 5.74) is 5.76. The number of hydrogen-bond donors (Lipinski definition) is 0. The Bertz CT molecular complexity index is 1630. The SMILES string of the molecule is C.O=Cc1ccc(-c2ccc(OCCCCC3OCCO3)cc2)cc1.PPP(P)P.[C-]#[N+]c1ccc(-c2ccc(OCCCCC3OCCO3)cc2)cc1. The number of hydrogen-bond acceptors (Lipinski definition) is 7. The summed E-state index contributed by atoms with van der Waals surface area (Å²) in [6.07, 6.45) is 6.73. The molecule has 8 nitrogen and oxygen atoms in total. The molecule has 2 heterocycles. The van der Waals surface area contributed by atoms with Gasteiger partial charge in [-0.3, -0.25) is 4.79 Å². The highest BCUT2D eigenvalue weighted by Crippen LogP contribution is 2.71. The molecule has 54 heavy (non-hydrogen) atoms. The van der Waals surface area contributed by atoms with Crippen LogP contribution in [0.5, 0.6) is 11.5 Å². The van der Waals surface area contributed by atoms with Crippen molar-refractivity contribution in [3.8, 4) is 33.8 Å². The molecule has 290 valence electrons. The van der Waals surface area contributed by atoms with Crippen LogP contribution in [0.25, 0.3) is 27.1 Å². The molecule has 0 N–H and O–H groups in total. The Hall–Kier alpha value is -2.37. The van der Waals surface area contributed by atoms with Crippen LogP contribution in [-0.4, -0.2) is 58.5 Å². The van der Waals surface area contributed by atoms with E-state index in [1.165, 1.54) is 0 Å². The molecular formula is C41H54NO7P5. The second kappa shape index (κ2) is 27.3. The van der Waals surface area contributed by atoms with Crippen molar-refractivity contribution in [3.05, 3.63) is 114 Å². The Kier molecular flexibility index (Phi) is 23.2. The summed E-state index contributed by atoms with van der Waals surface area (Å²) < 4.78 is 33.2. The van der Waals surface area contributed by atoms with Gasteiger partial charge in [-0.05, 0) is 92.0 Å². The molecule has 0 bridgehead atoms. The third-order valence-corrected chi connectivity index (χ3v) is 20.1. The highest BCUT2D eigenvalue weighted by atomic mass is 32.8. The number of carbonyl (C=O) groups is 1. The van der Waals surface area contributed by atoms with E-state index in [-0.39, 0.29) is 27.0 Å². The van der Waals surface area contributed by atoms with E-state index in [1.54, 1.807) is 0 Å². The fraction of sp³-hybridized carbons (Fsp3) is 0.366. The maximum absolute atomic E-state index is 10.7. The molecule has 0 radical (unpaired) electrons. The first-order valence-corrected chi connectivity index (χ1v) is 25.9. The van der Waals surface area contributed by atoms with Crippen LogP contribution in [0.3, 0.4) is 0 Å². The van der Waals surface area contributed by atoms with E-state index in [1.807, 2.05) is 97.1 Å². The monoisotopic (exact) mass is 827 g/mol. The predicted molar refractivity (Wildman–Crippen MR) is 237 cm³/mol. The maximum atomic E-state index is 10.7. The highest BCUT2D eigenvalue weighted by molar-refractivity contribution is 8.77. The lowest BCUT2D eigenvalue weighted by Gasteiger charge is -2.10. The van der Waals surface area contributed by atoms with Crippen molar-refractivity contribution < 1.29 is 33.2 Å². The van der Waals surface area contributed by atoms with Gasteiger partial charge in [0.2, 0.25) is 0 Å². The molecule has 4 aromatic rings. The van der Waals surface area contributed by atoms with Gasteiger partial charge in [0.25, 0.3) is 0 Å². The Morgan fingerprint density at radius 2 is 1.00 bits per heavy atom. The number of ether oxygens (including phenoxy) is 6. The second-order valence-corrected chi connectivity index (χ2v) is 26.0. The smallest absolute Gasteiger partial charge is 0.187 e. The first-order chi connectivity index (χ1) is 26.0. The van der Waals surface area contributed by atoms with Crippen LogP contribution in [0.2, 0.25) is 0 Å². The second-order valence-electron chi connectivity index (χ2n) is 12.0. The lowest BCUT2D eigenvalue weighted by molar-refractivity contribution is -0.0485. The predicted octanol–water partition coefficient (Wildman–Crippen LogP) is 12.0. The van der Waals surface area contributed by atoms with E-state index in [0.717, 1.165) is 86.5 Å². The molecule has 4 unspecified atom stereocenters. The largest absolute Gasteiger partial charge is 0.494 e. The van der Waals surface area contributed by atoms with Gasteiger partial charge in [-0.25, -0.2) is 4.85 Å². The minimum atomic E-state index is -0.0186. The van der Waals surface area contributed by atoms with E-state index in [9.17, 15) is 4.79 Å². The average Bonchev–Trinajstić information content (AvgIpc) is 3.94. The molecule has 4 aromatic carbocycles. The quantitative estimate of drug-likeness (QED) is 0.0482. The minimum absolute atomic E-state index is 0.